The molecule has 1 aromatic heterocycles. The van der Waals surface area contributed by atoms with Crippen molar-refractivity contribution >= 4 is 11.3 Å². The summed E-state index contributed by atoms with van der Waals surface area (Å²) >= 11 is 0. The minimum absolute atomic E-state index is 0.170. The second kappa shape index (κ2) is 8.23. The molecule has 4 nitrogen and oxygen atoms in total. The van der Waals surface area contributed by atoms with E-state index in [9.17, 15) is 18.4 Å². The molecule has 1 unspecified atom stereocenters. The van der Waals surface area contributed by atoms with Gasteiger partial charge in [0.25, 0.3) is 0 Å². The molecule has 0 amide bonds. The molecule has 1 saturated heterocycles. The van der Waals surface area contributed by atoms with Crippen molar-refractivity contribution in [2.45, 2.75) is 31.5 Å². The number of nitriles is 1. The summed E-state index contributed by atoms with van der Waals surface area (Å²) in [5, 5.41) is 9.54. The quantitative estimate of drug-likeness (QED) is 0.679. The Morgan fingerprint density at radius 1 is 1.20 bits per heavy atom. The van der Waals surface area contributed by atoms with E-state index in [1.165, 1.54) is 11.6 Å². The van der Waals surface area contributed by atoms with E-state index in [1.54, 1.807) is 0 Å². The second-order valence-electron chi connectivity index (χ2n) is 7.36. The molecule has 7 heteroatoms. The number of halogens is 3. The maximum Gasteiger partial charge on any atom is 0.417 e. The molecular formula is C23H20F3N3O. The summed E-state index contributed by atoms with van der Waals surface area (Å²) in [7, 11) is 0. The number of aromatic nitrogens is 1. The molecule has 0 bridgehead atoms. The van der Waals surface area contributed by atoms with Crippen LogP contribution < -0.4 is 9.64 Å². The molecule has 4 rings (SSSR count). The topological polar surface area (TPSA) is 49.2 Å². The lowest BCUT2D eigenvalue weighted by atomic mass is 9.95. The SMILES string of the molecule is N#Cc1ccc(C2=CC=CCC2)cc1N1CCC(Oc2ccc(C(F)(F)F)cn2)C1. The fraction of sp³-hybridized carbons (Fsp3) is 0.304. The molecular weight excluding hydrogens is 391 g/mol. The Labute approximate surface area is 172 Å². The van der Waals surface area contributed by atoms with Crippen LogP contribution in [0.1, 0.15) is 36.0 Å². The van der Waals surface area contributed by atoms with E-state index in [-0.39, 0.29) is 12.0 Å². The van der Waals surface area contributed by atoms with E-state index in [4.69, 9.17) is 4.74 Å². The molecule has 0 N–H and O–H groups in total. The molecule has 2 heterocycles. The highest BCUT2D eigenvalue weighted by molar-refractivity contribution is 5.74. The Kier molecular flexibility index (Phi) is 5.49. The Balaban J connectivity index is 1.48. The maximum absolute atomic E-state index is 12.7. The highest BCUT2D eigenvalue weighted by Gasteiger charge is 2.31. The van der Waals surface area contributed by atoms with Crippen molar-refractivity contribution in [2.24, 2.45) is 0 Å². The van der Waals surface area contributed by atoms with Gasteiger partial charge in [-0.1, -0.05) is 24.3 Å². The van der Waals surface area contributed by atoms with Crippen LogP contribution in [0.2, 0.25) is 0 Å². The van der Waals surface area contributed by atoms with Crippen molar-refractivity contribution in [2.75, 3.05) is 18.0 Å². The monoisotopic (exact) mass is 411 g/mol. The molecule has 1 atom stereocenters. The van der Waals surface area contributed by atoms with Gasteiger partial charge in [-0.05, 0) is 42.2 Å². The third kappa shape index (κ3) is 4.33. The minimum atomic E-state index is -4.42. The van der Waals surface area contributed by atoms with Gasteiger partial charge in [-0.2, -0.15) is 18.4 Å². The molecule has 2 aromatic rings. The van der Waals surface area contributed by atoms with Crippen LogP contribution in [-0.2, 0) is 6.18 Å². The molecule has 1 aliphatic carbocycles. The number of anilines is 1. The van der Waals surface area contributed by atoms with Crippen molar-refractivity contribution in [1.29, 1.82) is 5.26 Å². The Morgan fingerprint density at radius 2 is 2.07 bits per heavy atom. The third-order valence-electron chi connectivity index (χ3n) is 5.34. The van der Waals surface area contributed by atoms with Gasteiger partial charge in [0.2, 0.25) is 5.88 Å². The molecule has 1 aliphatic heterocycles. The molecule has 0 radical (unpaired) electrons. The Hall–Kier alpha value is -3.27. The Bertz CT molecular complexity index is 1020. The van der Waals surface area contributed by atoms with Crippen molar-refractivity contribution in [1.82, 2.24) is 4.98 Å². The van der Waals surface area contributed by atoms with E-state index in [2.05, 4.69) is 28.1 Å². The van der Waals surface area contributed by atoms with Gasteiger partial charge >= 0.3 is 6.18 Å². The number of hydrogen-bond acceptors (Lipinski definition) is 4. The minimum Gasteiger partial charge on any atom is -0.472 e. The smallest absolute Gasteiger partial charge is 0.417 e. The lowest BCUT2D eigenvalue weighted by Crippen LogP contribution is -2.25. The lowest BCUT2D eigenvalue weighted by Gasteiger charge is -2.22. The van der Waals surface area contributed by atoms with Gasteiger partial charge in [0, 0.05) is 25.2 Å². The predicted octanol–water partition coefficient (Wildman–Crippen LogP) is 5.36. The van der Waals surface area contributed by atoms with E-state index >= 15 is 0 Å². The lowest BCUT2D eigenvalue weighted by molar-refractivity contribution is -0.137. The zero-order chi connectivity index (χ0) is 21.1. The van der Waals surface area contributed by atoms with E-state index in [1.807, 2.05) is 24.3 Å². The first kappa shape index (κ1) is 20.0. The average Bonchev–Trinajstić information content (AvgIpc) is 3.22. The summed E-state index contributed by atoms with van der Waals surface area (Å²) in [6.07, 6.45) is 5.10. The van der Waals surface area contributed by atoms with Gasteiger partial charge in [-0.25, -0.2) is 4.98 Å². The van der Waals surface area contributed by atoms with Crippen molar-refractivity contribution in [3.8, 4) is 11.9 Å². The van der Waals surface area contributed by atoms with E-state index < -0.39 is 11.7 Å². The van der Waals surface area contributed by atoms with Gasteiger partial charge in [0.05, 0.1) is 23.4 Å². The summed E-state index contributed by atoms with van der Waals surface area (Å²) in [5.41, 5.74) is 2.99. The standard InChI is InChI=1S/C23H20F3N3O/c24-23(25,26)19-8-9-22(28-14-19)30-20-10-11-29(15-20)21-12-17(6-7-18(21)13-27)16-4-2-1-3-5-16/h1-2,4,6-9,12,14,20H,3,5,10-11,15H2. The first-order valence-corrected chi connectivity index (χ1v) is 9.79. The van der Waals surface area contributed by atoms with Crippen LogP contribution >= 0.6 is 0 Å². The summed E-state index contributed by atoms with van der Waals surface area (Å²) in [5.74, 6) is 0.170. The molecule has 0 saturated carbocycles. The van der Waals surface area contributed by atoms with Gasteiger partial charge in [0.1, 0.15) is 12.2 Å². The third-order valence-corrected chi connectivity index (χ3v) is 5.34. The molecule has 0 spiro atoms. The summed E-state index contributed by atoms with van der Waals surface area (Å²) in [4.78, 5) is 5.88. The first-order valence-electron chi connectivity index (χ1n) is 9.79. The largest absolute Gasteiger partial charge is 0.472 e. The van der Waals surface area contributed by atoms with Gasteiger partial charge in [-0.15, -0.1) is 0 Å². The highest BCUT2D eigenvalue weighted by atomic mass is 19.4. The number of ether oxygens (including phenoxy) is 1. The summed E-state index contributed by atoms with van der Waals surface area (Å²) in [6, 6.07) is 10.3. The number of alkyl halides is 3. The molecule has 1 fully saturated rings. The van der Waals surface area contributed by atoms with E-state index in [0.29, 0.717) is 25.1 Å². The van der Waals surface area contributed by atoms with Crippen LogP contribution in [0.3, 0.4) is 0 Å². The number of nitrogens with zero attached hydrogens (tertiary/aromatic N) is 3. The van der Waals surface area contributed by atoms with Crippen molar-refractivity contribution in [3.63, 3.8) is 0 Å². The fourth-order valence-corrected chi connectivity index (χ4v) is 3.76. The van der Waals surface area contributed by atoms with Gasteiger partial charge < -0.3 is 9.64 Å². The van der Waals surface area contributed by atoms with Crippen LogP contribution in [0, 0.1) is 11.3 Å². The Morgan fingerprint density at radius 3 is 2.73 bits per heavy atom. The fourth-order valence-electron chi connectivity index (χ4n) is 3.76. The number of benzene rings is 1. The maximum atomic E-state index is 12.7. The summed E-state index contributed by atoms with van der Waals surface area (Å²) in [6.45, 7) is 1.24. The van der Waals surface area contributed by atoms with Crippen LogP contribution in [0.15, 0.2) is 54.8 Å². The van der Waals surface area contributed by atoms with Crippen LogP contribution in [0.4, 0.5) is 18.9 Å². The molecule has 1 aromatic carbocycles. The predicted molar refractivity (Wildman–Crippen MR) is 108 cm³/mol. The highest BCUT2D eigenvalue weighted by Crippen LogP contribution is 2.32. The van der Waals surface area contributed by atoms with Crippen LogP contribution in [0.5, 0.6) is 5.88 Å². The zero-order valence-corrected chi connectivity index (χ0v) is 16.2. The van der Waals surface area contributed by atoms with Crippen molar-refractivity contribution < 1.29 is 17.9 Å². The number of pyridine rings is 1. The number of rotatable bonds is 4. The van der Waals surface area contributed by atoms with Crippen LogP contribution in [0.25, 0.3) is 5.57 Å². The molecule has 154 valence electrons. The normalized spacial score (nSPS) is 18.8. The van der Waals surface area contributed by atoms with E-state index in [0.717, 1.165) is 36.4 Å². The zero-order valence-electron chi connectivity index (χ0n) is 16.2. The number of hydrogen-bond donors (Lipinski definition) is 0. The van der Waals surface area contributed by atoms with Crippen LogP contribution in [-0.4, -0.2) is 24.2 Å². The van der Waals surface area contributed by atoms with Crippen molar-refractivity contribution in [3.05, 3.63) is 71.4 Å². The first-order chi connectivity index (χ1) is 14.4. The second-order valence-corrected chi connectivity index (χ2v) is 7.36. The average molecular weight is 411 g/mol. The number of allylic oxidation sites excluding steroid dienone is 4. The van der Waals surface area contributed by atoms with Gasteiger partial charge in [-0.3, -0.25) is 0 Å². The summed E-state index contributed by atoms with van der Waals surface area (Å²) < 4.78 is 43.8. The van der Waals surface area contributed by atoms with Gasteiger partial charge in [0.15, 0.2) is 0 Å². The molecule has 2 aliphatic rings. The molecule has 30 heavy (non-hydrogen) atoms.